The minimum Gasteiger partial charge on any atom is -0.478 e. The molecule has 2 amide bonds. The lowest BCUT2D eigenvalue weighted by Gasteiger charge is -2.04. The van der Waals surface area contributed by atoms with Crippen LogP contribution in [0.4, 0.5) is 15.6 Å². The Labute approximate surface area is 121 Å². The lowest BCUT2D eigenvalue weighted by Crippen LogP contribution is -2.19. The Balaban J connectivity index is 2.01. The summed E-state index contributed by atoms with van der Waals surface area (Å²) < 4.78 is 6.63. The number of rotatable bonds is 4. The summed E-state index contributed by atoms with van der Waals surface area (Å²) in [4.78, 5) is 17.2. The van der Waals surface area contributed by atoms with E-state index in [1.165, 1.54) is 18.4 Å². The molecular formula is C12H17N5O2S. The van der Waals surface area contributed by atoms with Crippen molar-refractivity contribution in [2.75, 3.05) is 17.7 Å². The third kappa shape index (κ3) is 3.27. The summed E-state index contributed by atoms with van der Waals surface area (Å²) in [5.41, 5.74) is 0.508. The second-order valence-corrected chi connectivity index (χ2v) is 5.59. The molecule has 0 saturated carbocycles. The summed E-state index contributed by atoms with van der Waals surface area (Å²) in [6.07, 6.45) is 3.44. The molecule has 20 heavy (non-hydrogen) atoms. The predicted octanol–water partition coefficient (Wildman–Crippen LogP) is 2.65. The number of nitrogens with zero attached hydrogens (tertiary/aromatic N) is 3. The number of carbonyl (C=O) groups is 1. The lowest BCUT2D eigenvalue weighted by atomic mass is 10.2. The zero-order valence-electron chi connectivity index (χ0n) is 11.8. The zero-order chi connectivity index (χ0) is 14.7. The first kappa shape index (κ1) is 14.3. The molecule has 2 N–H and O–H groups in total. The number of aromatic nitrogens is 3. The van der Waals surface area contributed by atoms with Gasteiger partial charge in [-0.1, -0.05) is 13.8 Å². The van der Waals surface area contributed by atoms with Gasteiger partial charge in [0, 0.05) is 18.1 Å². The van der Waals surface area contributed by atoms with Crippen molar-refractivity contribution in [3.05, 3.63) is 17.3 Å². The number of carbonyl (C=O) groups excluding carboxylic acids is 1. The molecule has 0 saturated heterocycles. The summed E-state index contributed by atoms with van der Waals surface area (Å²) in [5, 5.41) is 9.99. The van der Waals surface area contributed by atoms with E-state index in [2.05, 4.69) is 34.6 Å². The molecule has 0 atom stereocenters. The van der Waals surface area contributed by atoms with E-state index in [9.17, 15) is 4.79 Å². The standard InChI is InChI=1S/C12H17N5O2S/c1-7(2)9-5-13-12(20-9)15-11(18)14-8-6-17(3)16-10(8)19-4/h5-7H,1-4H3,(H2,13,14,15,18). The molecule has 2 aromatic heterocycles. The second-order valence-electron chi connectivity index (χ2n) is 4.53. The molecule has 8 heteroatoms. The molecule has 0 fully saturated rings. The van der Waals surface area contributed by atoms with Crippen LogP contribution < -0.4 is 15.4 Å². The molecule has 0 aromatic carbocycles. The van der Waals surface area contributed by atoms with Crippen molar-refractivity contribution in [2.45, 2.75) is 19.8 Å². The van der Waals surface area contributed by atoms with E-state index in [1.54, 1.807) is 24.1 Å². The van der Waals surface area contributed by atoms with E-state index in [0.717, 1.165) is 4.88 Å². The summed E-state index contributed by atoms with van der Waals surface area (Å²) in [5.74, 6) is 0.759. The van der Waals surface area contributed by atoms with Crippen LogP contribution in [0.1, 0.15) is 24.6 Å². The normalized spacial score (nSPS) is 10.7. The van der Waals surface area contributed by atoms with Crippen LogP contribution in [0, 0.1) is 0 Å². The Kier molecular flexibility index (Phi) is 4.23. The first-order valence-corrected chi connectivity index (χ1v) is 6.92. The average Bonchev–Trinajstić information content (AvgIpc) is 2.96. The topological polar surface area (TPSA) is 81.1 Å². The number of aryl methyl sites for hydroxylation is 1. The van der Waals surface area contributed by atoms with Gasteiger partial charge < -0.3 is 10.1 Å². The van der Waals surface area contributed by atoms with Gasteiger partial charge in [-0.3, -0.25) is 10.00 Å². The number of methoxy groups -OCH3 is 1. The summed E-state index contributed by atoms with van der Waals surface area (Å²) in [6, 6.07) is -0.374. The highest BCUT2D eigenvalue weighted by Gasteiger charge is 2.13. The molecule has 0 unspecified atom stereocenters. The lowest BCUT2D eigenvalue weighted by molar-refractivity contribution is 0.262. The molecule has 0 bridgehead atoms. The number of anilines is 2. The van der Waals surface area contributed by atoms with Crippen LogP contribution in [0.15, 0.2) is 12.4 Å². The Morgan fingerprint density at radius 1 is 1.45 bits per heavy atom. The van der Waals surface area contributed by atoms with Gasteiger partial charge in [-0.05, 0) is 5.92 Å². The van der Waals surface area contributed by atoms with Gasteiger partial charge in [-0.2, -0.15) is 0 Å². The van der Waals surface area contributed by atoms with Crippen LogP contribution in [0.5, 0.6) is 5.88 Å². The zero-order valence-corrected chi connectivity index (χ0v) is 12.6. The Morgan fingerprint density at radius 3 is 2.80 bits per heavy atom. The van der Waals surface area contributed by atoms with Crippen LogP contribution >= 0.6 is 11.3 Å². The number of hydrogen-bond acceptors (Lipinski definition) is 5. The van der Waals surface area contributed by atoms with E-state index in [4.69, 9.17) is 4.74 Å². The van der Waals surface area contributed by atoms with Crippen LogP contribution in [-0.2, 0) is 7.05 Å². The number of thiazole rings is 1. The summed E-state index contributed by atoms with van der Waals surface area (Å²) in [7, 11) is 3.25. The SMILES string of the molecule is COc1nn(C)cc1NC(=O)Nc1ncc(C(C)C)s1. The van der Waals surface area contributed by atoms with Gasteiger partial charge in [-0.25, -0.2) is 9.78 Å². The molecule has 2 heterocycles. The Morgan fingerprint density at radius 2 is 2.20 bits per heavy atom. The number of amides is 2. The molecule has 2 aromatic rings. The van der Waals surface area contributed by atoms with Crippen molar-refractivity contribution in [2.24, 2.45) is 7.05 Å². The fraction of sp³-hybridized carbons (Fsp3) is 0.417. The van der Waals surface area contributed by atoms with E-state index in [0.29, 0.717) is 22.6 Å². The van der Waals surface area contributed by atoms with Crippen LogP contribution in [0.2, 0.25) is 0 Å². The minimum absolute atomic E-state index is 0.365. The molecule has 0 radical (unpaired) electrons. The number of urea groups is 1. The molecule has 2 rings (SSSR count). The van der Waals surface area contributed by atoms with Crippen LogP contribution in [0.25, 0.3) is 0 Å². The molecular weight excluding hydrogens is 278 g/mol. The Hall–Kier alpha value is -2.09. The van der Waals surface area contributed by atoms with Crippen molar-refractivity contribution >= 4 is 28.2 Å². The molecule has 0 spiro atoms. The maximum absolute atomic E-state index is 11.9. The fourth-order valence-corrected chi connectivity index (χ4v) is 2.38. The van der Waals surface area contributed by atoms with Gasteiger partial charge in [0.15, 0.2) is 5.13 Å². The van der Waals surface area contributed by atoms with E-state index in [1.807, 2.05) is 0 Å². The summed E-state index contributed by atoms with van der Waals surface area (Å²) in [6.45, 7) is 4.16. The average molecular weight is 295 g/mol. The molecule has 0 aliphatic carbocycles. The van der Waals surface area contributed by atoms with Crippen LogP contribution in [-0.4, -0.2) is 27.9 Å². The largest absolute Gasteiger partial charge is 0.478 e. The molecule has 0 aliphatic rings. The number of hydrogen-bond donors (Lipinski definition) is 2. The van der Waals surface area contributed by atoms with Crippen LogP contribution in [0.3, 0.4) is 0 Å². The van der Waals surface area contributed by atoms with Gasteiger partial charge >= 0.3 is 6.03 Å². The third-order valence-corrected chi connectivity index (χ3v) is 3.76. The number of nitrogens with one attached hydrogen (secondary N) is 2. The van der Waals surface area contributed by atoms with Gasteiger partial charge in [0.25, 0.3) is 5.88 Å². The highest BCUT2D eigenvalue weighted by atomic mass is 32.1. The maximum Gasteiger partial charge on any atom is 0.325 e. The molecule has 0 aliphatic heterocycles. The first-order chi connectivity index (χ1) is 9.49. The molecule has 108 valence electrons. The smallest absolute Gasteiger partial charge is 0.325 e. The van der Waals surface area contributed by atoms with E-state index < -0.39 is 0 Å². The highest BCUT2D eigenvalue weighted by molar-refractivity contribution is 7.15. The highest BCUT2D eigenvalue weighted by Crippen LogP contribution is 2.26. The van der Waals surface area contributed by atoms with Gasteiger partial charge in [0.1, 0.15) is 5.69 Å². The monoisotopic (exact) mass is 295 g/mol. The van der Waals surface area contributed by atoms with Crippen molar-refractivity contribution in [3.8, 4) is 5.88 Å². The third-order valence-electron chi connectivity index (χ3n) is 2.55. The fourth-order valence-electron chi connectivity index (χ4n) is 1.57. The van der Waals surface area contributed by atoms with E-state index in [-0.39, 0.29) is 6.03 Å². The summed E-state index contributed by atoms with van der Waals surface area (Å²) >= 11 is 1.46. The molecule has 7 nitrogen and oxygen atoms in total. The van der Waals surface area contributed by atoms with Crippen molar-refractivity contribution in [3.63, 3.8) is 0 Å². The van der Waals surface area contributed by atoms with Gasteiger partial charge in [0.2, 0.25) is 0 Å². The van der Waals surface area contributed by atoms with Crippen molar-refractivity contribution < 1.29 is 9.53 Å². The van der Waals surface area contributed by atoms with E-state index >= 15 is 0 Å². The quantitative estimate of drug-likeness (QED) is 0.908. The minimum atomic E-state index is -0.374. The Bertz CT molecular complexity index is 605. The van der Waals surface area contributed by atoms with Crippen molar-refractivity contribution in [1.29, 1.82) is 0 Å². The first-order valence-electron chi connectivity index (χ1n) is 6.11. The van der Waals surface area contributed by atoms with Crippen molar-refractivity contribution in [1.82, 2.24) is 14.8 Å². The maximum atomic E-state index is 11.9. The van der Waals surface area contributed by atoms with Gasteiger partial charge in [0.05, 0.1) is 13.3 Å². The second kappa shape index (κ2) is 5.91. The number of ether oxygens (including phenoxy) is 1. The van der Waals surface area contributed by atoms with Gasteiger partial charge in [-0.15, -0.1) is 16.4 Å². The predicted molar refractivity (Wildman–Crippen MR) is 78.6 cm³/mol.